The first-order valence-corrected chi connectivity index (χ1v) is 7.05. The Bertz CT molecular complexity index is 643. The number of hydrogen-bond donors (Lipinski definition) is 1. The van der Waals surface area contributed by atoms with Gasteiger partial charge in [0, 0.05) is 6.07 Å². The van der Waals surface area contributed by atoms with Crippen LogP contribution in [0.5, 0.6) is 5.75 Å². The van der Waals surface area contributed by atoms with Crippen molar-refractivity contribution in [1.29, 1.82) is 0 Å². The minimum absolute atomic E-state index is 0.0968. The third-order valence-corrected chi connectivity index (χ3v) is 3.66. The summed E-state index contributed by atoms with van der Waals surface area (Å²) in [7, 11) is 0. The van der Waals surface area contributed by atoms with E-state index in [1.54, 1.807) is 31.2 Å². The van der Waals surface area contributed by atoms with Gasteiger partial charge in [-0.3, -0.25) is 10.1 Å². The number of ether oxygens (including phenoxy) is 1. The summed E-state index contributed by atoms with van der Waals surface area (Å²) in [6.07, 6.45) is 0. The lowest BCUT2D eigenvalue weighted by Gasteiger charge is -2.24. The molecule has 0 bridgehead atoms. The highest BCUT2D eigenvalue weighted by Gasteiger charge is 2.26. The van der Waals surface area contributed by atoms with Gasteiger partial charge in [-0.05, 0) is 34.5 Å². The molecule has 0 amide bonds. The molecule has 2 rings (SSSR count). The van der Waals surface area contributed by atoms with E-state index in [1.807, 2.05) is 18.2 Å². The number of aliphatic hydroxyl groups is 1. The van der Waals surface area contributed by atoms with Gasteiger partial charge < -0.3 is 9.84 Å². The highest BCUT2D eigenvalue weighted by Crippen LogP contribution is 2.35. The molecule has 2 aromatic carbocycles. The predicted octanol–water partition coefficient (Wildman–Crippen LogP) is 3.64. The maximum absolute atomic E-state index is 11.0. The SMILES string of the molecule is CC(O)(COc1c(Br)cccc1[N+](=O)[O-])c1ccccc1. The van der Waals surface area contributed by atoms with Crippen molar-refractivity contribution in [3.05, 3.63) is 68.7 Å². The molecule has 5 nitrogen and oxygen atoms in total. The van der Waals surface area contributed by atoms with Gasteiger partial charge in [0.15, 0.2) is 0 Å². The maximum atomic E-state index is 11.0. The van der Waals surface area contributed by atoms with Crippen molar-refractivity contribution in [1.82, 2.24) is 0 Å². The van der Waals surface area contributed by atoms with Gasteiger partial charge in [0.05, 0.1) is 9.40 Å². The predicted molar refractivity (Wildman–Crippen MR) is 82.3 cm³/mol. The van der Waals surface area contributed by atoms with Gasteiger partial charge in [-0.15, -0.1) is 0 Å². The molecule has 2 aromatic rings. The molecular formula is C15H14BrNO4. The molecule has 0 heterocycles. The van der Waals surface area contributed by atoms with Crippen molar-refractivity contribution in [2.45, 2.75) is 12.5 Å². The van der Waals surface area contributed by atoms with E-state index in [0.29, 0.717) is 10.0 Å². The number of benzene rings is 2. The fourth-order valence-electron chi connectivity index (χ4n) is 1.88. The Hall–Kier alpha value is -1.92. The quantitative estimate of drug-likeness (QED) is 0.659. The summed E-state index contributed by atoms with van der Waals surface area (Å²) < 4.78 is 5.98. The maximum Gasteiger partial charge on any atom is 0.312 e. The van der Waals surface area contributed by atoms with Gasteiger partial charge in [-0.25, -0.2) is 0 Å². The summed E-state index contributed by atoms with van der Waals surface area (Å²) in [6.45, 7) is 1.51. The van der Waals surface area contributed by atoms with Crippen molar-refractivity contribution in [2.75, 3.05) is 6.61 Å². The normalized spacial score (nSPS) is 13.5. The number of halogens is 1. The largest absolute Gasteiger partial charge is 0.483 e. The number of nitro benzene ring substituents is 1. The van der Waals surface area contributed by atoms with Crippen LogP contribution in [0.3, 0.4) is 0 Å². The number of rotatable bonds is 5. The summed E-state index contributed by atoms with van der Waals surface area (Å²) in [6, 6.07) is 13.6. The van der Waals surface area contributed by atoms with Gasteiger partial charge in [0.2, 0.25) is 5.75 Å². The second kappa shape index (κ2) is 6.24. The fraction of sp³-hybridized carbons (Fsp3) is 0.200. The third-order valence-electron chi connectivity index (χ3n) is 3.04. The van der Waals surface area contributed by atoms with Crippen LogP contribution in [-0.4, -0.2) is 16.6 Å². The van der Waals surface area contributed by atoms with E-state index in [9.17, 15) is 15.2 Å². The Labute approximate surface area is 130 Å². The first kappa shape index (κ1) is 15.5. The smallest absolute Gasteiger partial charge is 0.312 e. The molecule has 0 saturated heterocycles. The van der Waals surface area contributed by atoms with Crippen LogP contribution in [0.15, 0.2) is 53.0 Å². The Morgan fingerprint density at radius 2 is 1.90 bits per heavy atom. The van der Waals surface area contributed by atoms with Gasteiger partial charge in [-0.1, -0.05) is 36.4 Å². The molecule has 21 heavy (non-hydrogen) atoms. The Morgan fingerprint density at radius 1 is 1.24 bits per heavy atom. The molecule has 1 N–H and O–H groups in total. The summed E-state index contributed by atoms with van der Waals surface area (Å²) in [4.78, 5) is 10.5. The zero-order valence-electron chi connectivity index (χ0n) is 11.3. The molecule has 0 radical (unpaired) electrons. The molecule has 0 aromatic heterocycles. The second-order valence-electron chi connectivity index (χ2n) is 4.77. The lowest BCUT2D eigenvalue weighted by atomic mass is 9.97. The van der Waals surface area contributed by atoms with Crippen LogP contribution in [0.25, 0.3) is 0 Å². The van der Waals surface area contributed by atoms with Crippen LogP contribution in [-0.2, 0) is 5.60 Å². The number of para-hydroxylation sites is 1. The zero-order chi connectivity index (χ0) is 15.5. The molecule has 1 atom stereocenters. The molecule has 1 unspecified atom stereocenters. The van der Waals surface area contributed by atoms with Crippen molar-refractivity contribution in [3.8, 4) is 5.75 Å². The first-order chi connectivity index (χ1) is 9.92. The van der Waals surface area contributed by atoms with Crippen LogP contribution in [0, 0.1) is 10.1 Å². The van der Waals surface area contributed by atoms with Crippen molar-refractivity contribution >= 4 is 21.6 Å². The van der Waals surface area contributed by atoms with Crippen molar-refractivity contribution in [3.63, 3.8) is 0 Å². The Balaban J connectivity index is 2.22. The molecular weight excluding hydrogens is 338 g/mol. The van der Waals surface area contributed by atoms with E-state index < -0.39 is 10.5 Å². The van der Waals surface area contributed by atoms with E-state index in [0.717, 1.165) is 0 Å². The molecule has 110 valence electrons. The highest BCUT2D eigenvalue weighted by molar-refractivity contribution is 9.10. The van der Waals surface area contributed by atoms with E-state index in [2.05, 4.69) is 15.9 Å². The zero-order valence-corrected chi connectivity index (χ0v) is 12.9. The van der Waals surface area contributed by atoms with E-state index >= 15 is 0 Å². The lowest BCUT2D eigenvalue weighted by molar-refractivity contribution is -0.386. The van der Waals surface area contributed by atoms with Gasteiger partial charge in [-0.2, -0.15) is 0 Å². The average molecular weight is 352 g/mol. The molecule has 0 aliphatic rings. The van der Waals surface area contributed by atoms with Crippen LogP contribution >= 0.6 is 15.9 Å². The van der Waals surface area contributed by atoms with Crippen LogP contribution in [0.1, 0.15) is 12.5 Å². The highest BCUT2D eigenvalue weighted by atomic mass is 79.9. The van der Waals surface area contributed by atoms with Crippen LogP contribution in [0.4, 0.5) is 5.69 Å². The van der Waals surface area contributed by atoms with Gasteiger partial charge in [0.25, 0.3) is 0 Å². The first-order valence-electron chi connectivity index (χ1n) is 6.25. The van der Waals surface area contributed by atoms with Gasteiger partial charge in [0.1, 0.15) is 12.2 Å². The van der Waals surface area contributed by atoms with Gasteiger partial charge >= 0.3 is 5.69 Å². The summed E-state index contributed by atoms with van der Waals surface area (Å²) in [5.41, 5.74) is -0.710. The minimum Gasteiger partial charge on any atom is -0.483 e. The van der Waals surface area contributed by atoms with Crippen molar-refractivity contribution < 1.29 is 14.8 Å². The fourth-order valence-corrected chi connectivity index (χ4v) is 2.35. The monoisotopic (exact) mass is 351 g/mol. The van der Waals surface area contributed by atoms with Crippen LogP contribution in [0.2, 0.25) is 0 Å². The molecule has 0 aliphatic carbocycles. The number of nitro groups is 1. The van der Waals surface area contributed by atoms with E-state index in [4.69, 9.17) is 4.74 Å². The summed E-state index contributed by atoms with van der Waals surface area (Å²) in [5.74, 6) is 0.110. The third kappa shape index (κ3) is 3.59. The molecule has 0 saturated carbocycles. The summed E-state index contributed by atoms with van der Waals surface area (Å²) >= 11 is 3.23. The molecule has 0 aliphatic heterocycles. The van der Waals surface area contributed by atoms with E-state index in [1.165, 1.54) is 6.07 Å². The Morgan fingerprint density at radius 3 is 2.52 bits per heavy atom. The average Bonchev–Trinajstić information content (AvgIpc) is 2.46. The molecule has 0 spiro atoms. The molecule has 0 fully saturated rings. The standard InChI is InChI=1S/C15H14BrNO4/c1-15(18,11-6-3-2-4-7-11)10-21-14-12(16)8-5-9-13(14)17(19)20/h2-9,18H,10H2,1H3. The van der Waals surface area contributed by atoms with E-state index in [-0.39, 0.29) is 18.0 Å². The van der Waals surface area contributed by atoms with Crippen molar-refractivity contribution in [2.24, 2.45) is 0 Å². The van der Waals surface area contributed by atoms with Crippen LogP contribution < -0.4 is 4.74 Å². The number of nitrogens with zero attached hydrogens (tertiary/aromatic N) is 1. The topological polar surface area (TPSA) is 72.6 Å². The molecule has 6 heteroatoms. The number of hydrogen-bond acceptors (Lipinski definition) is 4. The minimum atomic E-state index is -1.25. The summed E-state index contributed by atoms with van der Waals surface area (Å²) in [5, 5.41) is 21.5. The Kier molecular flexibility index (Phi) is 4.59. The lowest BCUT2D eigenvalue weighted by Crippen LogP contribution is -2.29. The second-order valence-corrected chi connectivity index (χ2v) is 5.63.